The van der Waals surface area contributed by atoms with Gasteiger partial charge in [0.05, 0.1) is 6.54 Å². The molecule has 14 heavy (non-hydrogen) atoms. The number of carbonyl (C=O) groups excluding carboxylic acids is 1. The molecule has 1 rings (SSSR count). The van der Waals surface area contributed by atoms with E-state index >= 15 is 0 Å². The van der Waals surface area contributed by atoms with E-state index in [0.29, 0.717) is 18.4 Å². The molecule has 1 unspecified atom stereocenters. The second-order valence-corrected chi connectivity index (χ2v) is 4.23. The van der Waals surface area contributed by atoms with Crippen molar-refractivity contribution in [3.63, 3.8) is 0 Å². The number of urea groups is 1. The fraction of sp³-hybridized carbons (Fsp3) is 0.800. The quantitative estimate of drug-likeness (QED) is 0.719. The molecule has 0 aliphatic carbocycles. The predicted octanol–water partition coefficient (Wildman–Crippen LogP) is 1.68. The minimum absolute atomic E-state index is 0.115. The van der Waals surface area contributed by atoms with E-state index in [4.69, 9.17) is 0 Å². The van der Waals surface area contributed by atoms with Gasteiger partial charge in [-0.2, -0.15) is 5.10 Å². The number of amides is 2. The third kappa shape index (κ3) is 2.47. The topological polar surface area (TPSA) is 44.7 Å². The second-order valence-electron chi connectivity index (χ2n) is 4.23. The van der Waals surface area contributed by atoms with E-state index in [0.717, 1.165) is 12.1 Å². The van der Waals surface area contributed by atoms with Gasteiger partial charge in [0.25, 0.3) is 0 Å². The van der Waals surface area contributed by atoms with E-state index < -0.39 is 0 Å². The Morgan fingerprint density at radius 2 is 2.36 bits per heavy atom. The summed E-state index contributed by atoms with van der Waals surface area (Å²) in [7, 11) is 1.63. The maximum atomic E-state index is 11.3. The molecular formula is C10H19N3O. The van der Waals surface area contributed by atoms with Crippen LogP contribution >= 0.6 is 0 Å². The Bertz CT molecular complexity index is 248. The first-order valence-corrected chi connectivity index (χ1v) is 5.11. The van der Waals surface area contributed by atoms with E-state index in [-0.39, 0.29) is 6.03 Å². The Morgan fingerprint density at radius 3 is 2.86 bits per heavy atom. The number of carbonyl (C=O) groups is 1. The largest absolute Gasteiger partial charge is 0.340 e. The van der Waals surface area contributed by atoms with Crippen LogP contribution in [-0.4, -0.2) is 30.3 Å². The molecule has 1 atom stereocenters. The zero-order valence-electron chi connectivity index (χ0n) is 9.37. The smallest absolute Gasteiger partial charge is 0.337 e. The number of hydrazone groups is 1. The van der Waals surface area contributed by atoms with Crippen LogP contribution in [0.2, 0.25) is 0 Å². The van der Waals surface area contributed by atoms with Crippen molar-refractivity contribution >= 4 is 11.7 Å². The highest BCUT2D eigenvalue weighted by molar-refractivity contribution is 5.90. The lowest BCUT2D eigenvalue weighted by atomic mass is 9.98. The van der Waals surface area contributed by atoms with Gasteiger partial charge in [0.15, 0.2) is 0 Å². The lowest BCUT2D eigenvalue weighted by molar-refractivity contribution is 0.205. The third-order valence-electron chi connectivity index (χ3n) is 2.33. The Kier molecular flexibility index (Phi) is 3.49. The molecule has 0 bridgehead atoms. The first kappa shape index (κ1) is 11.0. The molecule has 0 radical (unpaired) electrons. The van der Waals surface area contributed by atoms with Crippen molar-refractivity contribution in [1.29, 1.82) is 0 Å². The van der Waals surface area contributed by atoms with Crippen LogP contribution < -0.4 is 5.32 Å². The van der Waals surface area contributed by atoms with Gasteiger partial charge >= 0.3 is 6.03 Å². The van der Waals surface area contributed by atoms with Crippen molar-refractivity contribution in [3.8, 4) is 0 Å². The molecule has 0 aromatic carbocycles. The van der Waals surface area contributed by atoms with Gasteiger partial charge < -0.3 is 5.32 Å². The number of rotatable bonds is 2. The van der Waals surface area contributed by atoms with E-state index in [1.807, 2.05) is 0 Å². The van der Waals surface area contributed by atoms with Crippen LogP contribution in [0.1, 0.15) is 27.2 Å². The number of hydrogen-bond acceptors (Lipinski definition) is 2. The highest BCUT2D eigenvalue weighted by Gasteiger charge is 2.26. The van der Waals surface area contributed by atoms with Gasteiger partial charge in [-0.15, -0.1) is 0 Å². The molecule has 1 aliphatic heterocycles. The summed E-state index contributed by atoms with van der Waals surface area (Å²) in [5.74, 6) is 0.996. The van der Waals surface area contributed by atoms with Gasteiger partial charge in [-0.1, -0.05) is 20.8 Å². The third-order valence-corrected chi connectivity index (χ3v) is 2.33. The zero-order chi connectivity index (χ0) is 10.7. The van der Waals surface area contributed by atoms with Crippen molar-refractivity contribution in [2.24, 2.45) is 16.9 Å². The van der Waals surface area contributed by atoms with Gasteiger partial charge in [-0.25, -0.2) is 9.80 Å². The second kappa shape index (κ2) is 4.44. The molecule has 0 saturated heterocycles. The van der Waals surface area contributed by atoms with Gasteiger partial charge in [0.2, 0.25) is 0 Å². The molecule has 0 spiro atoms. The standard InChI is InChI=1S/C10H19N3O/c1-7(2)5-9-8(3)6-13(12-9)10(14)11-4/h7-8H,5-6H2,1-4H3,(H,11,14). The van der Waals surface area contributed by atoms with Crippen molar-refractivity contribution in [1.82, 2.24) is 10.3 Å². The monoisotopic (exact) mass is 197 g/mol. The normalized spacial score (nSPS) is 21.4. The number of nitrogens with one attached hydrogen (secondary N) is 1. The van der Waals surface area contributed by atoms with Gasteiger partial charge in [0, 0.05) is 18.7 Å². The predicted molar refractivity (Wildman–Crippen MR) is 57.2 cm³/mol. The summed E-state index contributed by atoms with van der Waals surface area (Å²) in [6.07, 6.45) is 0.981. The molecule has 2 amide bonds. The summed E-state index contributed by atoms with van der Waals surface area (Å²) >= 11 is 0. The first-order valence-electron chi connectivity index (χ1n) is 5.11. The fourth-order valence-electron chi connectivity index (χ4n) is 1.58. The maximum Gasteiger partial charge on any atom is 0.337 e. The van der Waals surface area contributed by atoms with Crippen LogP contribution in [0.3, 0.4) is 0 Å². The van der Waals surface area contributed by atoms with E-state index in [2.05, 4.69) is 31.2 Å². The van der Waals surface area contributed by atoms with E-state index in [1.54, 1.807) is 7.05 Å². The van der Waals surface area contributed by atoms with Gasteiger partial charge in [0.1, 0.15) is 0 Å². The fourth-order valence-corrected chi connectivity index (χ4v) is 1.58. The van der Waals surface area contributed by atoms with Crippen LogP contribution in [-0.2, 0) is 0 Å². The molecule has 1 heterocycles. The first-order chi connectivity index (χ1) is 6.54. The van der Waals surface area contributed by atoms with Crippen LogP contribution in [0, 0.1) is 11.8 Å². The minimum Gasteiger partial charge on any atom is -0.340 e. The average molecular weight is 197 g/mol. The molecule has 0 aromatic heterocycles. The molecule has 4 heteroatoms. The van der Waals surface area contributed by atoms with Gasteiger partial charge in [-0.3, -0.25) is 0 Å². The molecule has 4 nitrogen and oxygen atoms in total. The molecule has 0 fully saturated rings. The van der Waals surface area contributed by atoms with Crippen LogP contribution in [0.25, 0.3) is 0 Å². The van der Waals surface area contributed by atoms with Crippen molar-refractivity contribution in [2.75, 3.05) is 13.6 Å². The van der Waals surface area contributed by atoms with Crippen molar-refractivity contribution < 1.29 is 4.79 Å². The minimum atomic E-state index is -0.115. The SMILES string of the molecule is CNC(=O)N1CC(C)C(CC(C)C)=N1. The zero-order valence-corrected chi connectivity index (χ0v) is 9.37. The van der Waals surface area contributed by atoms with Crippen molar-refractivity contribution in [2.45, 2.75) is 27.2 Å². The van der Waals surface area contributed by atoms with Crippen molar-refractivity contribution in [3.05, 3.63) is 0 Å². The highest BCUT2D eigenvalue weighted by Crippen LogP contribution is 2.18. The summed E-state index contributed by atoms with van der Waals surface area (Å²) < 4.78 is 0. The Labute approximate surface area is 85.4 Å². The van der Waals surface area contributed by atoms with E-state index in [1.165, 1.54) is 5.01 Å². The van der Waals surface area contributed by atoms with Crippen LogP contribution in [0.5, 0.6) is 0 Å². The molecule has 1 N–H and O–H groups in total. The molecule has 1 aliphatic rings. The van der Waals surface area contributed by atoms with E-state index in [9.17, 15) is 4.79 Å². The number of hydrogen-bond donors (Lipinski definition) is 1. The highest BCUT2D eigenvalue weighted by atomic mass is 16.2. The number of nitrogens with zero attached hydrogens (tertiary/aromatic N) is 2. The molecule has 80 valence electrons. The summed E-state index contributed by atoms with van der Waals surface area (Å²) in [6, 6.07) is -0.115. The summed E-state index contributed by atoms with van der Waals surface area (Å²) in [5.41, 5.74) is 1.14. The van der Waals surface area contributed by atoms with Gasteiger partial charge in [-0.05, 0) is 12.3 Å². The summed E-state index contributed by atoms with van der Waals surface area (Å²) in [5, 5.41) is 8.42. The Balaban J connectivity index is 2.62. The Morgan fingerprint density at radius 1 is 1.71 bits per heavy atom. The lowest BCUT2D eigenvalue weighted by Gasteiger charge is -2.10. The van der Waals surface area contributed by atoms with Crippen LogP contribution in [0.15, 0.2) is 5.10 Å². The molecule has 0 saturated carbocycles. The summed E-state index contributed by atoms with van der Waals surface area (Å²) in [6.45, 7) is 7.15. The van der Waals surface area contributed by atoms with Crippen LogP contribution in [0.4, 0.5) is 4.79 Å². The maximum absolute atomic E-state index is 11.3. The average Bonchev–Trinajstić information content (AvgIpc) is 2.46. The lowest BCUT2D eigenvalue weighted by Crippen LogP contribution is -2.33. The molecule has 0 aromatic rings. The summed E-state index contributed by atoms with van der Waals surface area (Å²) in [4.78, 5) is 11.3. The molecular weight excluding hydrogens is 178 g/mol. The Hall–Kier alpha value is -1.06.